The van der Waals surface area contributed by atoms with Gasteiger partial charge in [-0.2, -0.15) is 8.78 Å². The van der Waals surface area contributed by atoms with E-state index in [9.17, 15) is 23.1 Å². The van der Waals surface area contributed by atoms with Gasteiger partial charge in [-0.05, 0) is 55.7 Å². The molecule has 1 aliphatic heterocycles. The summed E-state index contributed by atoms with van der Waals surface area (Å²) in [5.74, 6) is 0.873. The van der Waals surface area contributed by atoms with Gasteiger partial charge in [0.25, 0.3) is 0 Å². The lowest BCUT2D eigenvalue weighted by atomic mass is 9.82. The Morgan fingerprint density at radius 2 is 1.82 bits per heavy atom. The maximum absolute atomic E-state index is 14.0. The number of carboxylic acid groups (broad SMARTS) is 1. The van der Waals surface area contributed by atoms with Crippen LogP contribution in [-0.2, 0) is 6.61 Å². The molecule has 0 bridgehead atoms. The highest BCUT2D eigenvalue weighted by molar-refractivity contribution is 5.87. The maximum Gasteiger partial charge on any atom is 0.387 e. The third-order valence-corrected chi connectivity index (χ3v) is 7.63. The summed E-state index contributed by atoms with van der Waals surface area (Å²) in [6, 6.07) is 7.41. The van der Waals surface area contributed by atoms with Crippen molar-refractivity contribution in [3.8, 4) is 17.0 Å². The number of fused-ring (bicyclic) bond motifs is 1. The van der Waals surface area contributed by atoms with Crippen LogP contribution in [0.25, 0.3) is 11.3 Å². The number of carboxylic acids is 1. The third kappa shape index (κ3) is 6.03. The second kappa shape index (κ2) is 11.6. The minimum absolute atomic E-state index is 0.0212. The average molecular weight is 546 g/mol. The summed E-state index contributed by atoms with van der Waals surface area (Å²) in [6.07, 6.45) is 8.20. The number of hydrogen-bond acceptors (Lipinski definition) is 7. The summed E-state index contributed by atoms with van der Waals surface area (Å²) in [6.45, 7) is -1.46. The molecule has 8 nitrogen and oxygen atoms in total. The van der Waals surface area contributed by atoms with Gasteiger partial charge < -0.3 is 24.4 Å². The Bertz CT molecular complexity index is 1300. The zero-order chi connectivity index (χ0) is 27.5. The molecule has 3 heterocycles. The van der Waals surface area contributed by atoms with E-state index in [0.717, 1.165) is 32.0 Å². The van der Waals surface area contributed by atoms with E-state index in [1.54, 1.807) is 18.2 Å². The minimum Gasteiger partial charge on any atom is -0.478 e. The van der Waals surface area contributed by atoms with Crippen LogP contribution in [0.5, 0.6) is 5.75 Å². The number of carbonyl (C=O) groups is 1. The van der Waals surface area contributed by atoms with E-state index >= 15 is 0 Å². The second-order valence-electron chi connectivity index (χ2n) is 10.2. The van der Waals surface area contributed by atoms with Crippen LogP contribution in [0, 0.1) is 17.7 Å². The summed E-state index contributed by atoms with van der Waals surface area (Å²) in [4.78, 5) is 16.8. The molecule has 3 fully saturated rings. The summed E-state index contributed by atoms with van der Waals surface area (Å²) in [5, 5.41) is 22.3. The highest BCUT2D eigenvalue weighted by Crippen LogP contribution is 2.45. The summed E-state index contributed by atoms with van der Waals surface area (Å²) in [5.41, 5.74) is 1.22. The number of benzene rings is 1. The number of hydrogen-bond donors (Lipinski definition) is 2. The standard InChI is InChI=1S/C14H13F2NO3.C14H17FN2O2/c15-14(16)19-11-4-2-1-3-9(11)12-10(7-18)13(20-17-12)8-5-6-8;15-12-5-11(14(18)19)6-16-13(12)17-7-9-3-1-2-4-10(9)8-17/h1-4,8,14,18H,5-7H2;5-6,9-10H,1-4,7-8H2,(H,18,19)/t;9-,10+. The lowest BCUT2D eigenvalue weighted by Gasteiger charge is -2.22. The summed E-state index contributed by atoms with van der Waals surface area (Å²) >= 11 is 0. The first-order valence-corrected chi connectivity index (χ1v) is 13.1. The van der Waals surface area contributed by atoms with Crippen LogP contribution < -0.4 is 9.64 Å². The van der Waals surface area contributed by atoms with Crippen molar-refractivity contribution in [1.29, 1.82) is 0 Å². The Balaban J connectivity index is 0.000000158. The van der Waals surface area contributed by atoms with Crippen molar-refractivity contribution >= 4 is 11.8 Å². The van der Waals surface area contributed by atoms with Crippen molar-refractivity contribution in [1.82, 2.24) is 10.1 Å². The van der Waals surface area contributed by atoms with Crippen molar-refractivity contribution in [2.45, 2.75) is 57.7 Å². The van der Waals surface area contributed by atoms with Gasteiger partial charge in [0, 0.05) is 36.3 Å². The van der Waals surface area contributed by atoms with Gasteiger partial charge in [0.2, 0.25) is 0 Å². The Labute approximate surface area is 223 Å². The third-order valence-electron chi connectivity index (χ3n) is 7.63. The number of aromatic carboxylic acids is 1. The molecule has 2 aromatic heterocycles. The SMILES string of the molecule is O=C(O)c1cnc(N2C[C@H]3CCCC[C@H]3C2)c(F)c1.OCc1c(-c2ccccc2OC(F)F)noc1C1CC1. The Hall–Kier alpha value is -3.60. The fraction of sp³-hybridized carbons (Fsp3) is 0.464. The zero-order valence-corrected chi connectivity index (χ0v) is 21.2. The van der Waals surface area contributed by atoms with Crippen LogP contribution in [0.2, 0.25) is 0 Å². The molecule has 3 aliphatic rings. The number of halogens is 3. The lowest BCUT2D eigenvalue weighted by molar-refractivity contribution is -0.0494. The highest BCUT2D eigenvalue weighted by Gasteiger charge is 2.36. The van der Waals surface area contributed by atoms with E-state index in [1.807, 2.05) is 4.90 Å². The molecule has 2 N–H and O–H groups in total. The first-order valence-electron chi connectivity index (χ1n) is 13.1. The monoisotopic (exact) mass is 545 g/mol. The van der Waals surface area contributed by atoms with Crippen LogP contribution in [0.1, 0.15) is 66.1 Å². The number of anilines is 1. The summed E-state index contributed by atoms with van der Waals surface area (Å²) < 4.78 is 48.6. The van der Waals surface area contributed by atoms with Gasteiger partial charge in [-0.3, -0.25) is 0 Å². The van der Waals surface area contributed by atoms with Gasteiger partial charge in [0.05, 0.1) is 12.2 Å². The van der Waals surface area contributed by atoms with Crippen molar-refractivity contribution < 1.29 is 37.4 Å². The normalized spacial score (nSPS) is 20.4. The number of alkyl halides is 2. The molecule has 2 atom stereocenters. The molecule has 0 radical (unpaired) electrons. The fourth-order valence-electron chi connectivity index (χ4n) is 5.57. The van der Waals surface area contributed by atoms with Crippen LogP contribution in [0.4, 0.5) is 19.0 Å². The summed E-state index contributed by atoms with van der Waals surface area (Å²) in [7, 11) is 0. The number of nitrogens with zero attached hydrogens (tertiary/aromatic N) is 3. The molecule has 6 rings (SSSR count). The topological polar surface area (TPSA) is 109 Å². The zero-order valence-electron chi connectivity index (χ0n) is 21.2. The molecule has 1 aromatic carbocycles. The fourth-order valence-corrected chi connectivity index (χ4v) is 5.57. The number of aromatic nitrogens is 2. The van der Waals surface area contributed by atoms with Gasteiger partial charge in [0.1, 0.15) is 17.2 Å². The second-order valence-corrected chi connectivity index (χ2v) is 10.2. The van der Waals surface area contributed by atoms with Crippen molar-refractivity contribution in [2.75, 3.05) is 18.0 Å². The molecule has 0 unspecified atom stereocenters. The number of ether oxygens (including phenoxy) is 1. The molecule has 1 saturated heterocycles. The van der Waals surface area contributed by atoms with Crippen molar-refractivity contribution in [3.63, 3.8) is 0 Å². The molecule has 39 heavy (non-hydrogen) atoms. The van der Waals surface area contributed by atoms with Gasteiger partial charge in [-0.25, -0.2) is 14.2 Å². The van der Waals surface area contributed by atoms with Crippen LogP contribution in [0.15, 0.2) is 41.1 Å². The maximum atomic E-state index is 14.0. The molecular weight excluding hydrogens is 515 g/mol. The molecule has 2 aliphatic carbocycles. The lowest BCUT2D eigenvalue weighted by Crippen LogP contribution is -2.22. The first kappa shape index (κ1) is 27.0. The van der Waals surface area contributed by atoms with Gasteiger partial charge in [-0.1, -0.05) is 30.1 Å². The predicted molar refractivity (Wildman–Crippen MR) is 135 cm³/mol. The predicted octanol–water partition coefficient (Wildman–Crippen LogP) is 5.86. The Kier molecular flexibility index (Phi) is 8.06. The van der Waals surface area contributed by atoms with Gasteiger partial charge in [0.15, 0.2) is 11.6 Å². The average Bonchev–Trinajstić information content (AvgIpc) is 3.53. The van der Waals surface area contributed by atoms with Crippen LogP contribution in [-0.4, -0.2) is 46.0 Å². The number of pyridine rings is 1. The molecule has 0 amide bonds. The number of aliphatic hydroxyl groups is 1. The van der Waals surface area contributed by atoms with Crippen molar-refractivity contribution in [2.24, 2.45) is 11.8 Å². The Morgan fingerprint density at radius 3 is 2.41 bits per heavy atom. The van der Waals surface area contributed by atoms with Gasteiger partial charge in [-0.15, -0.1) is 0 Å². The molecular formula is C28H30F3N3O5. The van der Waals surface area contributed by atoms with Crippen LogP contribution >= 0.6 is 0 Å². The van der Waals surface area contributed by atoms with Gasteiger partial charge >= 0.3 is 12.6 Å². The molecule has 208 valence electrons. The molecule has 3 aromatic rings. The number of aliphatic hydroxyl groups excluding tert-OH is 1. The molecule has 0 spiro atoms. The number of rotatable bonds is 7. The quantitative estimate of drug-likeness (QED) is 0.380. The highest BCUT2D eigenvalue weighted by atomic mass is 19.3. The minimum atomic E-state index is -2.91. The van der Waals surface area contributed by atoms with E-state index < -0.39 is 18.4 Å². The van der Waals surface area contributed by atoms with Crippen LogP contribution in [0.3, 0.4) is 0 Å². The number of para-hydroxylation sites is 1. The van der Waals surface area contributed by atoms with E-state index in [-0.39, 0.29) is 23.8 Å². The molecule has 2 saturated carbocycles. The van der Waals surface area contributed by atoms with E-state index in [2.05, 4.69) is 14.9 Å². The van der Waals surface area contributed by atoms with Crippen molar-refractivity contribution in [3.05, 3.63) is 59.2 Å². The van der Waals surface area contributed by atoms with E-state index in [0.29, 0.717) is 40.2 Å². The Morgan fingerprint density at radius 1 is 1.13 bits per heavy atom. The first-order chi connectivity index (χ1) is 18.9. The smallest absolute Gasteiger partial charge is 0.387 e. The van der Waals surface area contributed by atoms with E-state index in [4.69, 9.17) is 9.63 Å². The largest absolute Gasteiger partial charge is 0.478 e. The molecule has 11 heteroatoms. The van der Waals surface area contributed by atoms with E-state index in [1.165, 1.54) is 37.9 Å².